The lowest BCUT2D eigenvalue weighted by Crippen LogP contribution is -2.34. The predicted molar refractivity (Wildman–Crippen MR) is 95.0 cm³/mol. The molecule has 8 heteroatoms. The van der Waals surface area contributed by atoms with Gasteiger partial charge in [-0.1, -0.05) is 0 Å². The molecule has 0 spiro atoms. The Hall–Kier alpha value is -2.48. The second-order valence-electron chi connectivity index (χ2n) is 6.33. The molecule has 0 aromatic carbocycles. The fraction of sp³-hybridized carbons (Fsp3) is 0.412. The highest BCUT2D eigenvalue weighted by Gasteiger charge is 2.23. The summed E-state index contributed by atoms with van der Waals surface area (Å²) in [5.41, 5.74) is 2.36. The van der Waals surface area contributed by atoms with Gasteiger partial charge < -0.3 is 4.90 Å². The van der Waals surface area contributed by atoms with Crippen molar-refractivity contribution in [1.29, 1.82) is 0 Å². The summed E-state index contributed by atoms with van der Waals surface area (Å²) in [5, 5.41) is 1.97. The summed E-state index contributed by atoms with van der Waals surface area (Å²) < 4.78 is 3.51. The Morgan fingerprint density at radius 2 is 2.08 bits per heavy atom. The third-order valence-corrected chi connectivity index (χ3v) is 5.54. The summed E-state index contributed by atoms with van der Waals surface area (Å²) in [7, 11) is 1.74. The first kappa shape index (κ1) is 16.0. The Labute approximate surface area is 148 Å². The predicted octanol–water partition coefficient (Wildman–Crippen LogP) is 0.968. The molecule has 4 rings (SSSR count). The molecule has 0 unspecified atom stereocenters. The monoisotopic (exact) mass is 357 g/mol. The third-order valence-electron chi connectivity index (χ3n) is 4.77. The maximum Gasteiger partial charge on any atom is 0.256 e. The summed E-state index contributed by atoms with van der Waals surface area (Å²) in [6, 6.07) is 0. The van der Waals surface area contributed by atoms with Crippen molar-refractivity contribution in [1.82, 2.24) is 23.8 Å². The molecular weight excluding hydrogens is 338 g/mol. The first-order valence-electron chi connectivity index (χ1n) is 8.27. The van der Waals surface area contributed by atoms with Gasteiger partial charge in [0.05, 0.1) is 17.8 Å². The molecule has 7 nitrogen and oxygen atoms in total. The molecule has 25 heavy (non-hydrogen) atoms. The number of rotatable bonds is 2. The minimum absolute atomic E-state index is 0.00568. The second kappa shape index (κ2) is 6.11. The molecule has 0 N–H and O–H groups in total. The summed E-state index contributed by atoms with van der Waals surface area (Å²) in [6.07, 6.45) is 5.30. The minimum atomic E-state index is 0.00568. The van der Waals surface area contributed by atoms with Crippen molar-refractivity contribution in [3.05, 3.63) is 50.9 Å². The normalized spacial score (nSPS) is 14.6. The molecule has 0 saturated carbocycles. The van der Waals surface area contributed by atoms with Crippen LogP contribution >= 0.6 is 11.3 Å². The summed E-state index contributed by atoms with van der Waals surface area (Å²) in [4.78, 5) is 36.8. The van der Waals surface area contributed by atoms with Crippen LogP contribution in [0.15, 0.2) is 22.6 Å². The third kappa shape index (κ3) is 2.86. The molecule has 3 aromatic heterocycles. The van der Waals surface area contributed by atoms with Crippen LogP contribution < -0.4 is 5.56 Å². The molecule has 1 aliphatic heterocycles. The molecule has 0 bridgehead atoms. The fourth-order valence-corrected chi connectivity index (χ4v) is 3.96. The van der Waals surface area contributed by atoms with Crippen molar-refractivity contribution in [2.45, 2.75) is 26.2 Å². The van der Waals surface area contributed by atoms with Gasteiger partial charge in [-0.25, -0.2) is 9.97 Å². The van der Waals surface area contributed by atoms with Gasteiger partial charge >= 0.3 is 0 Å². The fourth-order valence-electron chi connectivity index (χ4n) is 3.25. The molecule has 4 heterocycles. The van der Waals surface area contributed by atoms with Crippen molar-refractivity contribution >= 4 is 22.2 Å². The number of nitrogens with zero attached hydrogens (tertiary/aromatic N) is 5. The average Bonchev–Trinajstić information content (AvgIpc) is 3.08. The van der Waals surface area contributed by atoms with Gasteiger partial charge in [0, 0.05) is 49.9 Å². The number of fused-ring (bicyclic) bond motifs is 2. The highest BCUT2D eigenvalue weighted by molar-refractivity contribution is 7.15. The Morgan fingerprint density at radius 1 is 1.28 bits per heavy atom. The lowest BCUT2D eigenvalue weighted by atomic mass is 10.1. The van der Waals surface area contributed by atoms with Crippen LogP contribution in [0.1, 0.15) is 22.8 Å². The zero-order valence-electron chi connectivity index (χ0n) is 14.2. The molecule has 0 saturated heterocycles. The molecule has 3 aromatic rings. The van der Waals surface area contributed by atoms with Crippen LogP contribution in [0.25, 0.3) is 4.96 Å². The van der Waals surface area contributed by atoms with E-state index >= 15 is 0 Å². The number of aromatic nitrogens is 4. The van der Waals surface area contributed by atoms with Crippen LogP contribution in [0.5, 0.6) is 0 Å². The van der Waals surface area contributed by atoms with E-state index in [0.29, 0.717) is 31.8 Å². The molecule has 0 radical (unpaired) electrons. The number of aryl methyl sites for hydroxylation is 1. The van der Waals surface area contributed by atoms with Crippen molar-refractivity contribution in [3.63, 3.8) is 0 Å². The van der Waals surface area contributed by atoms with E-state index in [4.69, 9.17) is 0 Å². The van der Waals surface area contributed by atoms with E-state index in [1.807, 2.05) is 34.0 Å². The smallest absolute Gasteiger partial charge is 0.256 e. The maximum absolute atomic E-state index is 12.7. The van der Waals surface area contributed by atoms with E-state index in [1.54, 1.807) is 23.0 Å². The largest absolute Gasteiger partial charge is 0.342 e. The van der Waals surface area contributed by atoms with E-state index < -0.39 is 0 Å². The van der Waals surface area contributed by atoms with Gasteiger partial charge in [0.15, 0.2) is 4.96 Å². The summed E-state index contributed by atoms with van der Waals surface area (Å²) in [5.74, 6) is 0.758. The van der Waals surface area contributed by atoms with Gasteiger partial charge in [0.25, 0.3) is 5.56 Å². The average molecular weight is 357 g/mol. The molecule has 1 amide bonds. The van der Waals surface area contributed by atoms with Crippen LogP contribution in [0, 0.1) is 6.92 Å². The summed E-state index contributed by atoms with van der Waals surface area (Å²) >= 11 is 1.55. The number of carbonyl (C=O) groups excluding carboxylic acids is 1. The Bertz CT molecular complexity index is 987. The van der Waals surface area contributed by atoms with E-state index in [1.165, 1.54) is 0 Å². The van der Waals surface area contributed by atoms with E-state index in [0.717, 1.165) is 21.9 Å². The highest BCUT2D eigenvalue weighted by Crippen LogP contribution is 2.15. The second-order valence-corrected chi connectivity index (χ2v) is 7.20. The Balaban J connectivity index is 1.51. The van der Waals surface area contributed by atoms with Crippen LogP contribution in [-0.4, -0.2) is 42.8 Å². The minimum Gasteiger partial charge on any atom is -0.342 e. The van der Waals surface area contributed by atoms with E-state index in [9.17, 15) is 9.59 Å². The standard InChI is InChI=1S/C17H19N5O2S/c1-11-18-14-4-6-21(5-3-13(14)16(24)20(11)2)15(23)9-12-10-22-7-8-25-17(22)19-12/h7-8,10H,3-6,9H2,1-2H3. The van der Waals surface area contributed by atoms with Crippen LogP contribution in [0.4, 0.5) is 0 Å². The quantitative estimate of drug-likeness (QED) is 0.685. The molecule has 1 aliphatic rings. The van der Waals surface area contributed by atoms with Gasteiger partial charge in [0.1, 0.15) is 5.82 Å². The lowest BCUT2D eigenvalue weighted by molar-refractivity contribution is -0.130. The van der Waals surface area contributed by atoms with Gasteiger partial charge in [-0.15, -0.1) is 11.3 Å². The topological polar surface area (TPSA) is 72.5 Å². The number of carbonyl (C=O) groups is 1. The molecule has 0 aliphatic carbocycles. The Morgan fingerprint density at radius 3 is 2.88 bits per heavy atom. The molecule has 0 fully saturated rings. The van der Waals surface area contributed by atoms with Crippen LogP contribution in [0.3, 0.4) is 0 Å². The van der Waals surface area contributed by atoms with E-state index in [-0.39, 0.29) is 17.9 Å². The number of thiazole rings is 1. The lowest BCUT2D eigenvalue weighted by Gasteiger charge is -2.19. The van der Waals surface area contributed by atoms with Crippen molar-refractivity contribution in [3.8, 4) is 0 Å². The maximum atomic E-state index is 12.7. The van der Waals surface area contributed by atoms with Crippen LogP contribution in [-0.2, 0) is 31.1 Å². The van der Waals surface area contributed by atoms with Gasteiger partial charge in [0.2, 0.25) is 5.91 Å². The zero-order chi connectivity index (χ0) is 17.6. The van der Waals surface area contributed by atoms with Gasteiger partial charge in [-0.2, -0.15) is 0 Å². The molecule has 130 valence electrons. The first-order chi connectivity index (χ1) is 12.0. The number of hydrogen-bond acceptors (Lipinski definition) is 5. The van der Waals surface area contributed by atoms with Crippen molar-refractivity contribution < 1.29 is 4.79 Å². The molecule has 0 atom stereocenters. The van der Waals surface area contributed by atoms with Crippen molar-refractivity contribution in [2.24, 2.45) is 7.05 Å². The van der Waals surface area contributed by atoms with E-state index in [2.05, 4.69) is 9.97 Å². The summed E-state index contributed by atoms with van der Waals surface area (Å²) in [6.45, 7) is 2.97. The van der Waals surface area contributed by atoms with Gasteiger partial charge in [-0.3, -0.25) is 18.6 Å². The van der Waals surface area contributed by atoms with Gasteiger partial charge in [-0.05, 0) is 13.3 Å². The van der Waals surface area contributed by atoms with Crippen molar-refractivity contribution in [2.75, 3.05) is 13.1 Å². The Kier molecular flexibility index (Phi) is 3.91. The highest BCUT2D eigenvalue weighted by atomic mass is 32.1. The SMILES string of the molecule is Cc1nc2c(c(=O)n1C)CCN(C(=O)Cc1cn3ccsc3n1)CC2. The number of hydrogen-bond donors (Lipinski definition) is 0. The first-order valence-corrected chi connectivity index (χ1v) is 9.15. The zero-order valence-corrected chi connectivity index (χ0v) is 15.0. The molecular formula is C17H19N5O2S. The number of imidazole rings is 1. The van der Waals surface area contributed by atoms with Crippen LogP contribution in [0.2, 0.25) is 0 Å². The number of amides is 1.